The van der Waals surface area contributed by atoms with Gasteiger partial charge >= 0.3 is 35.7 Å². The van der Waals surface area contributed by atoms with Crippen LogP contribution in [0.5, 0.6) is 57.4 Å². The van der Waals surface area contributed by atoms with Crippen LogP contribution in [0.4, 0.5) is 84.6 Å². The number of hydrogen-bond donors (Lipinski definition) is 0. The van der Waals surface area contributed by atoms with Gasteiger partial charge in [-0.3, -0.25) is 19.6 Å². The molecule has 0 unspecified atom stereocenters. The summed E-state index contributed by atoms with van der Waals surface area (Å²) in [5.41, 5.74) is 42.5. The average molecular weight is 2000 g/mol. The second kappa shape index (κ2) is 36.0. The second-order valence-corrected chi connectivity index (χ2v) is 47.9. The number of rotatable bonds is 5. The van der Waals surface area contributed by atoms with Gasteiger partial charge in [0.05, 0.1) is 47.2 Å². The number of thiophene rings is 3. The molecule has 0 bridgehead atoms. The molecule has 0 amide bonds. The summed E-state index contributed by atoms with van der Waals surface area (Å²) in [6, 6.07) is 66.9. The van der Waals surface area contributed by atoms with E-state index >= 15 is 0 Å². The van der Waals surface area contributed by atoms with E-state index in [-0.39, 0.29) is 27.1 Å². The Morgan fingerprint density at radius 3 is 1.14 bits per heavy atom. The second-order valence-electron chi connectivity index (χ2n) is 45.0. The molecule has 10 aromatic carbocycles. The van der Waals surface area contributed by atoms with E-state index in [2.05, 4.69) is 375 Å². The summed E-state index contributed by atoms with van der Waals surface area (Å²) in [6.45, 7) is 66.2. The number of aromatic nitrogens is 1. The van der Waals surface area contributed by atoms with Gasteiger partial charge in [-0.2, -0.15) is 0 Å². The van der Waals surface area contributed by atoms with Crippen LogP contribution in [0, 0.1) is 104 Å². The summed E-state index contributed by atoms with van der Waals surface area (Å²) < 4.78 is 68.3. The third-order valence-corrected chi connectivity index (χ3v) is 31.5. The lowest BCUT2D eigenvalue weighted by Gasteiger charge is -2.33. The highest BCUT2D eigenvalue weighted by Crippen LogP contribution is 2.65. The maximum atomic E-state index is 6.36. The Hall–Kier alpha value is -14.6. The van der Waals surface area contributed by atoms with Crippen molar-refractivity contribution in [3.8, 4) is 57.4 Å². The van der Waals surface area contributed by atoms with Crippen molar-refractivity contribution < 1.29 is 50.2 Å². The van der Waals surface area contributed by atoms with Crippen molar-refractivity contribution in [2.75, 3.05) is 24.5 Å². The number of aryl methyl sites for hydroxylation is 15. The molecule has 0 saturated carbocycles. The van der Waals surface area contributed by atoms with Gasteiger partial charge in [0.25, 0.3) is 0 Å². The molecule has 0 fully saturated rings. The van der Waals surface area contributed by atoms with Crippen LogP contribution in [-0.2, 0) is 27.1 Å². The summed E-state index contributed by atoms with van der Waals surface area (Å²) in [6.07, 6.45) is 6.77. The van der Waals surface area contributed by atoms with Crippen LogP contribution in [0.25, 0.3) is 53.1 Å². The SMILES string of the molecule is Cc1cc(C(C)(C)C)cc(C)c1N1c2ccoc2Oc2oc3c(C)cccc3c21.Cc1cc(C(C)(C)C)cc(C)c1N1c2ccsc2Oc2sc3c(C)cccc3c21.Cc1ccc2c3c(oc2c1)Oc1occc1N3c1c(C)cc(C(C)(C)C)cc1C.Cc1ccc2oc3c(c2c1)N(c1c(C)cc(C(C)(C)C)cc1C)c1ccoc1O3.Cc1ccc2sc3c(c2c1)Oc1ncccc1N3c1c(C)cc(C(C)(C)C)cc1C. The van der Waals surface area contributed by atoms with Crippen LogP contribution in [-0.4, -0.2) is 4.98 Å². The van der Waals surface area contributed by atoms with Gasteiger partial charge in [-0.05, 0) is 297 Å². The van der Waals surface area contributed by atoms with Crippen molar-refractivity contribution >= 4 is 172 Å². The molecule has 17 nitrogen and oxygen atoms in total. The van der Waals surface area contributed by atoms with E-state index in [1.165, 1.54) is 132 Å². The molecule has 20 aromatic rings. The number of nitrogens with zero attached hydrogens (tertiary/aromatic N) is 6. The molecular formula is C126H126N6O11S3. The lowest BCUT2D eigenvalue weighted by molar-refractivity contribution is 0.284. The number of fused-ring (bicyclic) bond motifs is 20. The quantitative estimate of drug-likeness (QED) is 0.160. The normalized spacial score (nSPS) is 13.3. The van der Waals surface area contributed by atoms with Crippen molar-refractivity contribution in [1.29, 1.82) is 0 Å². The number of pyridine rings is 1. The minimum atomic E-state index is 0.0878. The molecule has 5 aliphatic rings. The van der Waals surface area contributed by atoms with Gasteiger partial charge in [0, 0.05) is 60.7 Å². The molecule has 20 heteroatoms. The number of furan rings is 6. The molecule has 15 heterocycles. The molecular weight excluding hydrogens is 1870 g/mol. The molecule has 146 heavy (non-hydrogen) atoms. The fourth-order valence-corrected chi connectivity index (χ4v) is 24.0. The van der Waals surface area contributed by atoms with Crippen molar-refractivity contribution in [1.82, 2.24) is 4.98 Å². The third-order valence-electron chi connectivity index (χ3n) is 28.4. The molecule has 0 radical (unpaired) electrons. The highest BCUT2D eigenvalue weighted by Gasteiger charge is 2.43. The summed E-state index contributed by atoms with van der Waals surface area (Å²) in [5, 5.41) is 10.7. The standard InChI is InChI=1S/C26H26N2OS.3C25H25NO3.C25H25NOS2/c1-15-9-10-21-19(12-15)23-25(30-21)28(20-8-7-11-27-24(20)29-23)22-16(2)13-18(14-17(22)3)26(4,5)6;1-14-7-8-20-18(11-14)22-24(28-20)29-23-19(9-10-27-23)26(22)21-15(2)12-17(13-16(21)3)25(4,5)6;1-14-7-8-18-20(11-14)28-24-22(18)26(19-9-10-27-23(19)29-24)21-15(2)12-17(13-16(21)3)25(4,5)6;1-14-8-7-9-18-21-24(28-22(14)18)29-23-19(10-11-27-23)26(21)20-15(2)12-17(13-16(20)3)25(4,5)6;1-14-8-7-9-18-21-24(29-22(14)18)27-23-19(10-11-28-23)26(21)20-15(2)12-17(13-16(20)3)25(4,5)6/h7-14H,1-6H3;4*7-13H,1-6H3. The summed E-state index contributed by atoms with van der Waals surface area (Å²) >= 11 is 5.19. The Labute approximate surface area is 867 Å². The zero-order valence-electron chi connectivity index (χ0n) is 89.2. The monoisotopic (exact) mass is 1990 g/mol. The smallest absolute Gasteiger partial charge is 0.318 e. The number of para-hydroxylation sites is 1. The Kier molecular flexibility index (Phi) is 24.0. The van der Waals surface area contributed by atoms with Gasteiger partial charge in [-0.25, -0.2) is 4.98 Å². The van der Waals surface area contributed by atoms with Gasteiger partial charge in [0.15, 0.2) is 5.75 Å². The Morgan fingerprint density at radius 1 is 0.267 bits per heavy atom. The first-order valence-electron chi connectivity index (χ1n) is 50.1. The molecule has 744 valence electrons. The lowest BCUT2D eigenvalue weighted by atomic mass is 9.84. The average Bonchev–Trinajstić information content (AvgIpc) is 1.59. The third kappa shape index (κ3) is 17.1. The van der Waals surface area contributed by atoms with E-state index in [1.54, 1.807) is 59.0 Å². The van der Waals surface area contributed by atoms with E-state index in [9.17, 15) is 0 Å². The van der Waals surface area contributed by atoms with Gasteiger partial charge in [0.1, 0.15) is 72.9 Å². The number of ether oxygens (including phenoxy) is 5. The van der Waals surface area contributed by atoms with E-state index in [4.69, 9.17) is 50.2 Å². The highest BCUT2D eigenvalue weighted by molar-refractivity contribution is 7.23. The first-order chi connectivity index (χ1) is 69.2. The van der Waals surface area contributed by atoms with Crippen LogP contribution < -0.4 is 48.2 Å². The number of hydrogen-bond acceptors (Lipinski definition) is 20. The zero-order chi connectivity index (χ0) is 103. The molecule has 25 rings (SSSR count). The Morgan fingerprint density at radius 2 is 0.664 bits per heavy atom. The molecule has 0 spiro atoms. The van der Waals surface area contributed by atoms with Crippen molar-refractivity contribution in [3.05, 3.63) is 330 Å². The van der Waals surface area contributed by atoms with Crippen molar-refractivity contribution in [2.24, 2.45) is 0 Å². The minimum absolute atomic E-state index is 0.0878. The topological polar surface area (TPSA) is 154 Å². The first kappa shape index (κ1) is 97.5. The summed E-state index contributed by atoms with van der Waals surface area (Å²) in [5.74, 6) is 4.31. The lowest BCUT2D eigenvalue weighted by Crippen LogP contribution is -2.18. The van der Waals surface area contributed by atoms with E-state index in [0.717, 1.165) is 133 Å². The molecule has 10 aromatic heterocycles. The number of benzene rings is 10. The van der Waals surface area contributed by atoms with Crippen molar-refractivity contribution in [3.63, 3.8) is 0 Å². The Bertz CT molecular complexity index is 8190. The van der Waals surface area contributed by atoms with Crippen LogP contribution in [0.3, 0.4) is 0 Å². The van der Waals surface area contributed by atoms with Gasteiger partial charge < -0.3 is 55.1 Å². The predicted molar refractivity (Wildman–Crippen MR) is 603 cm³/mol. The van der Waals surface area contributed by atoms with Gasteiger partial charge in [-0.1, -0.05) is 236 Å². The molecule has 0 atom stereocenters. The van der Waals surface area contributed by atoms with Crippen LogP contribution >= 0.6 is 34.0 Å². The summed E-state index contributed by atoms with van der Waals surface area (Å²) in [7, 11) is 0. The first-order valence-corrected chi connectivity index (χ1v) is 52.6. The molecule has 5 aliphatic heterocycles. The number of anilines is 15. The highest BCUT2D eigenvalue weighted by atomic mass is 32.1. The van der Waals surface area contributed by atoms with E-state index in [0.29, 0.717) is 41.6 Å². The Balaban J connectivity index is 0.000000107. The molecule has 0 N–H and O–H groups in total. The fourth-order valence-electron chi connectivity index (χ4n) is 21.0. The van der Waals surface area contributed by atoms with Crippen LogP contribution in [0.15, 0.2) is 245 Å². The summed E-state index contributed by atoms with van der Waals surface area (Å²) in [4.78, 5) is 16.0. The largest absolute Gasteiger partial charge is 0.433 e. The van der Waals surface area contributed by atoms with E-state index in [1.807, 2.05) is 55.5 Å². The van der Waals surface area contributed by atoms with Crippen LogP contribution in [0.1, 0.15) is 215 Å². The molecule has 0 aliphatic carbocycles. The van der Waals surface area contributed by atoms with Crippen molar-refractivity contribution in [2.45, 2.75) is 235 Å². The van der Waals surface area contributed by atoms with Gasteiger partial charge in [0.2, 0.25) is 16.0 Å². The predicted octanol–water partition coefficient (Wildman–Crippen LogP) is 40.3. The fraction of sp³-hybridized carbons (Fsp3) is 0.278. The van der Waals surface area contributed by atoms with Crippen LogP contribution in [0.2, 0.25) is 0 Å². The minimum Gasteiger partial charge on any atom is -0.433 e. The van der Waals surface area contributed by atoms with E-state index < -0.39 is 0 Å². The molecule has 0 saturated heterocycles. The zero-order valence-corrected chi connectivity index (χ0v) is 91.6. The maximum absolute atomic E-state index is 6.36. The maximum Gasteiger partial charge on any atom is 0.318 e. The van der Waals surface area contributed by atoms with Gasteiger partial charge in [-0.15, -0.1) is 22.7 Å².